The van der Waals surface area contributed by atoms with Crippen molar-refractivity contribution >= 4 is 40.7 Å². The third kappa shape index (κ3) is 6.49. The molecule has 9 nitrogen and oxygen atoms in total. The molecule has 0 aliphatic rings. The molecular formula is C24H29ClN6O3. The lowest BCUT2D eigenvalue weighted by atomic mass is 10.2. The van der Waals surface area contributed by atoms with Crippen LogP contribution in [-0.4, -0.2) is 58.9 Å². The topological polar surface area (TPSA) is 100 Å². The summed E-state index contributed by atoms with van der Waals surface area (Å²) in [4.78, 5) is 39.8. The van der Waals surface area contributed by atoms with Crippen molar-refractivity contribution < 1.29 is 14.4 Å². The van der Waals surface area contributed by atoms with Crippen LogP contribution >= 0.6 is 11.6 Å². The second-order valence-corrected chi connectivity index (χ2v) is 8.72. The van der Waals surface area contributed by atoms with Gasteiger partial charge in [-0.25, -0.2) is 0 Å². The van der Waals surface area contributed by atoms with Gasteiger partial charge in [0.2, 0.25) is 0 Å². The number of anilines is 2. The monoisotopic (exact) mass is 484 g/mol. The average molecular weight is 485 g/mol. The Kier molecular flexibility index (Phi) is 8.14. The van der Waals surface area contributed by atoms with Crippen molar-refractivity contribution in [3.05, 3.63) is 70.8 Å². The Morgan fingerprint density at radius 1 is 0.882 bits per heavy atom. The number of hydrogen-bond donors (Lipinski definition) is 3. The van der Waals surface area contributed by atoms with E-state index in [1.807, 2.05) is 14.1 Å². The largest absolute Gasteiger partial charge is 0.351 e. The van der Waals surface area contributed by atoms with Gasteiger partial charge in [0, 0.05) is 43.6 Å². The molecule has 3 amide bonds. The number of amides is 3. The number of rotatable bonds is 9. The number of nitrogens with zero attached hydrogens (tertiary/aromatic N) is 3. The Bertz CT molecular complexity index is 1200. The van der Waals surface area contributed by atoms with E-state index >= 15 is 0 Å². The predicted octanol–water partition coefficient (Wildman–Crippen LogP) is 3.20. The van der Waals surface area contributed by atoms with Crippen molar-refractivity contribution in [2.24, 2.45) is 14.1 Å². The van der Waals surface area contributed by atoms with Crippen LogP contribution in [0.25, 0.3) is 0 Å². The van der Waals surface area contributed by atoms with E-state index in [2.05, 4.69) is 20.9 Å². The van der Waals surface area contributed by atoms with Crippen LogP contribution < -0.4 is 16.0 Å². The number of halogens is 1. The number of benzene rings is 1. The molecule has 2 aromatic heterocycles. The van der Waals surface area contributed by atoms with Gasteiger partial charge in [-0.05, 0) is 57.4 Å². The van der Waals surface area contributed by atoms with E-state index in [0.717, 1.165) is 13.0 Å². The Hall–Kier alpha value is -3.56. The lowest BCUT2D eigenvalue weighted by Crippen LogP contribution is -2.28. The fourth-order valence-corrected chi connectivity index (χ4v) is 3.62. The zero-order valence-electron chi connectivity index (χ0n) is 19.7. The number of nitrogens with one attached hydrogen (secondary N) is 3. The lowest BCUT2D eigenvalue weighted by molar-refractivity contribution is 0.0942. The maximum atomic E-state index is 12.8. The average Bonchev–Trinajstić information content (AvgIpc) is 3.32. The highest BCUT2D eigenvalue weighted by Crippen LogP contribution is 2.19. The van der Waals surface area contributed by atoms with Gasteiger partial charge >= 0.3 is 0 Å². The molecule has 0 bridgehead atoms. The second-order valence-electron chi connectivity index (χ2n) is 8.28. The van der Waals surface area contributed by atoms with Crippen LogP contribution in [0, 0.1) is 0 Å². The molecule has 0 aliphatic carbocycles. The zero-order valence-corrected chi connectivity index (χ0v) is 20.4. The first-order chi connectivity index (χ1) is 16.1. The van der Waals surface area contributed by atoms with E-state index in [1.165, 1.54) is 0 Å². The molecule has 0 atom stereocenters. The van der Waals surface area contributed by atoms with Crippen LogP contribution in [0.3, 0.4) is 0 Å². The molecule has 10 heteroatoms. The molecule has 1 aromatic carbocycles. The molecule has 3 aromatic rings. The van der Waals surface area contributed by atoms with Crippen molar-refractivity contribution in [2.75, 3.05) is 37.8 Å². The van der Waals surface area contributed by atoms with E-state index < -0.39 is 0 Å². The number of hydrogen-bond acceptors (Lipinski definition) is 4. The van der Waals surface area contributed by atoms with Gasteiger partial charge in [-0.15, -0.1) is 0 Å². The Labute approximate surface area is 203 Å². The summed E-state index contributed by atoms with van der Waals surface area (Å²) < 4.78 is 3.28. The van der Waals surface area contributed by atoms with Crippen LogP contribution in [0.1, 0.15) is 37.8 Å². The lowest BCUT2D eigenvalue weighted by Gasteiger charge is -2.10. The quantitative estimate of drug-likeness (QED) is 0.406. The minimum absolute atomic E-state index is 0.202. The van der Waals surface area contributed by atoms with Crippen LogP contribution in [0.15, 0.2) is 48.8 Å². The summed E-state index contributed by atoms with van der Waals surface area (Å²) in [5.74, 6) is -0.898. The summed E-state index contributed by atoms with van der Waals surface area (Å²) in [6.45, 7) is 1.45. The van der Waals surface area contributed by atoms with Crippen molar-refractivity contribution in [3.8, 4) is 0 Å². The minimum atomic E-state index is -0.366. The van der Waals surface area contributed by atoms with Gasteiger partial charge in [0.25, 0.3) is 17.7 Å². The van der Waals surface area contributed by atoms with Crippen molar-refractivity contribution in [3.63, 3.8) is 0 Å². The zero-order chi connectivity index (χ0) is 24.8. The maximum absolute atomic E-state index is 12.8. The Balaban J connectivity index is 1.63. The normalized spacial score (nSPS) is 10.9. The molecule has 0 unspecified atom stereocenters. The van der Waals surface area contributed by atoms with Crippen LogP contribution in [0.5, 0.6) is 0 Å². The number of aromatic nitrogens is 2. The number of carbonyl (C=O) groups is 3. The molecule has 34 heavy (non-hydrogen) atoms. The van der Waals surface area contributed by atoms with Gasteiger partial charge < -0.3 is 30.0 Å². The standard InChI is InChI=1S/C24H29ClN6O3/c1-29(2)10-6-9-26-23(33)20-12-19(15-30(20)3)28-24(34)21-13-18(14-31(21)4)27-22(32)16-7-5-8-17(25)11-16/h5,7-8,11-15H,6,9-10H2,1-4H3,(H,26,33)(H,27,32)(H,28,34). The predicted molar refractivity (Wildman–Crippen MR) is 134 cm³/mol. The van der Waals surface area contributed by atoms with Gasteiger partial charge in [-0.3, -0.25) is 14.4 Å². The SMILES string of the molecule is CN(C)CCCNC(=O)c1cc(NC(=O)c2cc(NC(=O)c3cccc(Cl)c3)cn2C)cn1C. The molecule has 0 radical (unpaired) electrons. The third-order valence-corrected chi connectivity index (χ3v) is 5.38. The molecule has 3 rings (SSSR count). The summed E-state index contributed by atoms with van der Waals surface area (Å²) in [6.07, 6.45) is 4.17. The molecule has 0 aliphatic heterocycles. The summed E-state index contributed by atoms with van der Waals surface area (Å²) >= 11 is 5.95. The molecule has 0 spiro atoms. The van der Waals surface area contributed by atoms with Crippen LogP contribution in [0.2, 0.25) is 5.02 Å². The van der Waals surface area contributed by atoms with Crippen molar-refractivity contribution in [2.45, 2.75) is 6.42 Å². The van der Waals surface area contributed by atoms with E-state index in [1.54, 1.807) is 72.0 Å². The van der Waals surface area contributed by atoms with E-state index in [9.17, 15) is 14.4 Å². The molecule has 3 N–H and O–H groups in total. The Morgan fingerprint density at radius 3 is 2.06 bits per heavy atom. The smallest absolute Gasteiger partial charge is 0.272 e. The fraction of sp³-hybridized carbons (Fsp3) is 0.292. The summed E-state index contributed by atoms with van der Waals surface area (Å²) in [7, 11) is 7.42. The van der Waals surface area contributed by atoms with Gasteiger partial charge in [0.1, 0.15) is 11.4 Å². The van der Waals surface area contributed by atoms with E-state index in [4.69, 9.17) is 11.6 Å². The van der Waals surface area contributed by atoms with E-state index in [-0.39, 0.29) is 17.7 Å². The number of aryl methyl sites for hydroxylation is 2. The first-order valence-electron chi connectivity index (χ1n) is 10.8. The number of carbonyl (C=O) groups excluding carboxylic acids is 3. The highest BCUT2D eigenvalue weighted by molar-refractivity contribution is 6.31. The summed E-state index contributed by atoms with van der Waals surface area (Å²) in [6, 6.07) is 9.82. The fourth-order valence-electron chi connectivity index (χ4n) is 3.43. The molecule has 0 saturated heterocycles. The van der Waals surface area contributed by atoms with Crippen LogP contribution in [-0.2, 0) is 14.1 Å². The molecular weight excluding hydrogens is 456 g/mol. The Morgan fingerprint density at radius 2 is 1.47 bits per heavy atom. The second kappa shape index (κ2) is 11.0. The van der Waals surface area contributed by atoms with Gasteiger partial charge in [-0.2, -0.15) is 0 Å². The van der Waals surface area contributed by atoms with Gasteiger partial charge in [-0.1, -0.05) is 17.7 Å². The van der Waals surface area contributed by atoms with Crippen LogP contribution in [0.4, 0.5) is 11.4 Å². The third-order valence-electron chi connectivity index (χ3n) is 5.15. The molecule has 180 valence electrons. The highest BCUT2D eigenvalue weighted by atomic mass is 35.5. The highest BCUT2D eigenvalue weighted by Gasteiger charge is 2.17. The van der Waals surface area contributed by atoms with Gasteiger partial charge in [0.15, 0.2) is 0 Å². The van der Waals surface area contributed by atoms with Crippen molar-refractivity contribution in [1.82, 2.24) is 19.4 Å². The molecule has 2 heterocycles. The first kappa shape index (κ1) is 25.1. The summed E-state index contributed by atoms with van der Waals surface area (Å²) in [5.41, 5.74) is 2.18. The van der Waals surface area contributed by atoms with Gasteiger partial charge in [0.05, 0.1) is 11.4 Å². The van der Waals surface area contributed by atoms with Crippen molar-refractivity contribution in [1.29, 1.82) is 0 Å². The summed E-state index contributed by atoms with van der Waals surface area (Å²) in [5, 5.41) is 8.92. The minimum Gasteiger partial charge on any atom is -0.351 e. The first-order valence-corrected chi connectivity index (χ1v) is 11.2. The van der Waals surface area contributed by atoms with E-state index in [0.29, 0.717) is 39.9 Å². The maximum Gasteiger partial charge on any atom is 0.272 e. The molecule has 0 saturated carbocycles. The molecule has 0 fully saturated rings.